The number of nitrogens with one attached hydrogen (secondary N) is 1. The van der Waals surface area contributed by atoms with Crippen molar-refractivity contribution in [3.63, 3.8) is 0 Å². The van der Waals surface area contributed by atoms with Crippen LogP contribution in [0, 0.1) is 5.53 Å². The first-order valence-corrected chi connectivity index (χ1v) is 6.98. The topological polar surface area (TPSA) is 54.7 Å². The monoisotopic (exact) mass is 284 g/mol. The third-order valence-corrected chi connectivity index (χ3v) is 3.03. The normalized spacial score (nSPS) is 10.7. The molecule has 2 aromatic rings. The Labute approximate surface area is 125 Å². The number of rotatable bonds is 9. The zero-order valence-corrected chi connectivity index (χ0v) is 11.9. The van der Waals surface area contributed by atoms with Crippen LogP contribution in [0.15, 0.2) is 65.8 Å². The first-order chi connectivity index (χ1) is 10.4. The highest BCUT2D eigenvalue weighted by Crippen LogP contribution is 2.04. The minimum Gasteiger partial charge on any atom is -0.374 e. The van der Waals surface area contributed by atoms with Gasteiger partial charge in [-0.2, -0.15) is 5.11 Å². The minimum absolute atomic E-state index is 0.252. The van der Waals surface area contributed by atoms with Gasteiger partial charge in [0.2, 0.25) is 0 Å². The van der Waals surface area contributed by atoms with Gasteiger partial charge in [0.15, 0.2) is 0 Å². The molecule has 0 aliphatic carbocycles. The van der Waals surface area contributed by atoms with Crippen LogP contribution in [0.1, 0.15) is 11.1 Å². The van der Waals surface area contributed by atoms with Gasteiger partial charge in [0, 0.05) is 0 Å². The van der Waals surface area contributed by atoms with Gasteiger partial charge in [-0.25, -0.2) is 5.53 Å². The zero-order chi connectivity index (χ0) is 14.8. The summed E-state index contributed by atoms with van der Waals surface area (Å²) in [5, 5.41) is 3.55. The van der Waals surface area contributed by atoms with Crippen molar-refractivity contribution >= 4 is 0 Å². The van der Waals surface area contributed by atoms with Gasteiger partial charge in [0.05, 0.1) is 26.4 Å². The SMILES string of the molecule is N=NC(COCc1ccccc1)COCc1ccccc1. The van der Waals surface area contributed by atoms with Crippen molar-refractivity contribution < 1.29 is 9.47 Å². The Morgan fingerprint density at radius 3 is 1.57 bits per heavy atom. The van der Waals surface area contributed by atoms with E-state index in [0.717, 1.165) is 11.1 Å². The van der Waals surface area contributed by atoms with E-state index >= 15 is 0 Å². The van der Waals surface area contributed by atoms with Crippen molar-refractivity contribution in [2.24, 2.45) is 5.11 Å². The number of ether oxygens (including phenoxy) is 2. The zero-order valence-electron chi connectivity index (χ0n) is 11.9. The first-order valence-electron chi connectivity index (χ1n) is 6.98. The molecule has 4 nitrogen and oxygen atoms in total. The molecule has 2 rings (SSSR count). The first kappa shape index (κ1) is 15.4. The van der Waals surface area contributed by atoms with Crippen molar-refractivity contribution in [1.29, 1.82) is 5.53 Å². The second-order valence-corrected chi connectivity index (χ2v) is 4.78. The van der Waals surface area contributed by atoms with E-state index in [9.17, 15) is 0 Å². The summed E-state index contributed by atoms with van der Waals surface area (Å²) in [6.45, 7) is 1.86. The highest BCUT2D eigenvalue weighted by atomic mass is 16.5. The largest absolute Gasteiger partial charge is 0.374 e. The molecule has 2 aromatic carbocycles. The Morgan fingerprint density at radius 1 is 0.762 bits per heavy atom. The Balaban J connectivity index is 1.65. The molecule has 0 heterocycles. The number of benzene rings is 2. The van der Waals surface area contributed by atoms with Gasteiger partial charge < -0.3 is 9.47 Å². The van der Waals surface area contributed by atoms with E-state index in [-0.39, 0.29) is 6.04 Å². The van der Waals surface area contributed by atoms with Crippen LogP contribution in [0.4, 0.5) is 0 Å². The van der Waals surface area contributed by atoms with E-state index in [4.69, 9.17) is 15.0 Å². The van der Waals surface area contributed by atoms with Crippen molar-refractivity contribution in [1.82, 2.24) is 0 Å². The summed E-state index contributed by atoms with van der Waals surface area (Å²) in [5.41, 5.74) is 9.43. The van der Waals surface area contributed by atoms with Gasteiger partial charge in [0.25, 0.3) is 0 Å². The van der Waals surface area contributed by atoms with E-state index in [1.165, 1.54) is 0 Å². The quantitative estimate of drug-likeness (QED) is 0.712. The Morgan fingerprint density at radius 2 is 1.19 bits per heavy atom. The molecule has 0 fully saturated rings. The molecule has 0 bridgehead atoms. The molecule has 0 aliphatic heterocycles. The molecule has 1 N–H and O–H groups in total. The standard InChI is InChI=1S/C17H20N2O2/c18-19-17(13-20-11-15-7-3-1-4-8-15)14-21-12-16-9-5-2-6-10-16/h1-10,17-18H,11-14H2. The van der Waals surface area contributed by atoms with Gasteiger partial charge in [-0.1, -0.05) is 60.7 Å². The summed E-state index contributed by atoms with van der Waals surface area (Å²) in [7, 11) is 0. The molecule has 0 amide bonds. The number of hydrogen-bond acceptors (Lipinski definition) is 4. The van der Waals surface area contributed by atoms with E-state index in [2.05, 4.69) is 5.11 Å². The van der Waals surface area contributed by atoms with Crippen LogP contribution < -0.4 is 0 Å². The smallest absolute Gasteiger partial charge is 0.117 e. The summed E-state index contributed by atoms with van der Waals surface area (Å²) >= 11 is 0. The highest BCUT2D eigenvalue weighted by molar-refractivity contribution is 5.14. The van der Waals surface area contributed by atoms with E-state index < -0.39 is 0 Å². The van der Waals surface area contributed by atoms with Gasteiger partial charge in [-0.3, -0.25) is 0 Å². The summed E-state index contributed by atoms with van der Waals surface area (Å²) in [4.78, 5) is 0. The molecule has 110 valence electrons. The predicted octanol–water partition coefficient (Wildman–Crippen LogP) is 3.82. The molecule has 4 heteroatoms. The van der Waals surface area contributed by atoms with Crippen molar-refractivity contribution in [2.75, 3.05) is 13.2 Å². The van der Waals surface area contributed by atoms with E-state index in [0.29, 0.717) is 26.4 Å². The fourth-order valence-corrected chi connectivity index (χ4v) is 1.90. The van der Waals surface area contributed by atoms with Gasteiger partial charge in [0.1, 0.15) is 6.04 Å². The maximum atomic E-state index is 7.19. The van der Waals surface area contributed by atoms with Crippen molar-refractivity contribution in [3.05, 3.63) is 71.8 Å². The fourth-order valence-electron chi connectivity index (χ4n) is 1.90. The van der Waals surface area contributed by atoms with Gasteiger partial charge >= 0.3 is 0 Å². The summed E-state index contributed by atoms with van der Waals surface area (Å²) < 4.78 is 11.2. The molecule has 21 heavy (non-hydrogen) atoms. The molecular formula is C17H20N2O2. The molecular weight excluding hydrogens is 264 g/mol. The molecule has 0 aromatic heterocycles. The van der Waals surface area contributed by atoms with Crippen LogP contribution in [0.5, 0.6) is 0 Å². The predicted molar refractivity (Wildman–Crippen MR) is 81.1 cm³/mol. The molecule has 0 atom stereocenters. The Hall–Kier alpha value is -2.04. The maximum absolute atomic E-state index is 7.19. The second kappa shape index (κ2) is 9.00. The molecule has 0 aliphatic rings. The van der Waals surface area contributed by atoms with Crippen LogP contribution in [-0.2, 0) is 22.7 Å². The lowest BCUT2D eigenvalue weighted by molar-refractivity contribution is 0.0526. The van der Waals surface area contributed by atoms with Crippen molar-refractivity contribution in [3.8, 4) is 0 Å². The lowest BCUT2D eigenvalue weighted by Crippen LogP contribution is -2.19. The Bertz CT molecular complexity index is 471. The average Bonchev–Trinajstić information content (AvgIpc) is 2.55. The fraction of sp³-hybridized carbons (Fsp3) is 0.294. The third kappa shape index (κ3) is 5.85. The number of hydrogen-bond donors (Lipinski definition) is 1. The second-order valence-electron chi connectivity index (χ2n) is 4.78. The van der Waals surface area contributed by atoms with Crippen LogP contribution >= 0.6 is 0 Å². The lowest BCUT2D eigenvalue weighted by atomic mass is 10.2. The van der Waals surface area contributed by atoms with E-state index in [1.54, 1.807) is 0 Å². The average molecular weight is 284 g/mol. The molecule has 0 radical (unpaired) electrons. The summed E-state index contributed by atoms with van der Waals surface area (Å²) in [6.07, 6.45) is 0. The highest BCUT2D eigenvalue weighted by Gasteiger charge is 2.07. The maximum Gasteiger partial charge on any atom is 0.117 e. The van der Waals surface area contributed by atoms with Crippen LogP contribution in [0.25, 0.3) is 0 Å². The van der Waals surface area contributed by atoms with Gasteiger partial charge in [-0.15, -0.1) is 0 Å². The molecule has 0 unspecified atom stereocenters. The summed E-state index contributed by atoms with van der Waals surface area (Å²) in [6, 6.07) is 19.7. The summed E-state index contributed by atoms with van der Waals surface area (Å²) in [5.74, 6) is 0. The van der Waals surface area contributed by atoms with Gasteiger partial charge in [-0.05, 0) is 11.1 Å². The van der Waals surface area contributed by atoms with Crippen molar-refractivity contribution in [2.45, 2.75) is 19.3 Å². The van der Waals surface area contributed by atoms with Crippen LogP contribution in [0.2, 0.25) is 0 Å². The number of nitrogens with zero attached hydrogens (tertiary/aromatic N) is 1. The minimum atomic E-state index is -0.252. The third-order valence-electron chi connectivity index (χ3n) is 3.03. The van der Waals surface area contributed by atoms with Crippen LogP contribution in [-0.4, -0.2) is 19.3 Å². The lowest BCUT2D eigenvalue weighted by Gasteiger charge is -2.12. The van der Waals surface area contributed by atoms with E-state index in [1.807, 2.05) is 60.7 Å². The molecule has 0 spiro atoms. The Kier molecular flexibility index (Phi) is 6.58. The molecule has 0 saturated carbocycles. The molecule has 0 saturated heterocycles. The van der Waals surface area contributed by atoms with Crippen LogP contribution in [0.3, 0.4) is 0 Å².